The fraction of sp³-hybridized carbons (Fsp3) is 0.118. The average molecular weight is 327 g/mol. The van der Waals surface area contributed by atoms with Gasteiger partial charge in [0, 0.05) is 17.1 Å². The monoisotopic (exact) mass is 327 g/mol. The molecule has 122 valence electrons. The predicted molar refractivity (Wildman–Crippen MR) is 87.2 cm³/mol. The van der Waals surface area contributed by atoms with E-state index in [0.29, 0.717) is 22.4 Å². The summed E-state index contributed by atoms with van der Waals surface area (Å²) in [7, 11) is 0. The number of carbonyl (C=O) groups is 1. The second kappa shape index (κ2) is 6.21. The minimum absolute atomic E-state index is 0.224. The number of amides is 1. The molecule has 0 fully saturated rings. The first-order valence-electron chi connectivity index (χ1n) is 7.14. The van der Waals surface area contributed by atoms with Crippen LogP contribution >= 0.6 is 0 Å². The lowest BCUT2D eigenvalue weighted by atomic mass is 9.97. The Hall–Kier alpha value is -3.06. The molecule has 24 heavy (non-hydrogen) atoms. The Morgan fingerprint density at radius 3 is 2.71 bits per heavy atom. The maximum Gasteiger partial charge on any atom is 0.410 e. The Labute approximate surface area is 136 Å². The molecule has 0 spiro atoms. The maximum atomic E-state index is 13.8. The van der Waals surface area contributed by atoms with E-state index in [2.05, 4.69) is 15.3 Å². The van der Waals surface area contributed by atoms with Crippen molar-refractivity contribution in [2.24, 2.45) is 0 Å². The highest BCUT2D eigenvalue weighted by atomic mass is 19.1. The molecule has 0 bridgehead atoms. The standard InChI is InChI=1S/C17H14FN3O3/c1-9-13(18)7-19-14(8-22)16(9)11-3-2-10-5-15(21-17(23)24)20-6-12(10)4-11/h2-7,22H,8H2,1H3,(H,20,21)(H,23,24). The van der Waals surface area contributed by atoms with Crippen LogP contribution in [0.25, 0.3) is 21.9 Å². The fourth-order valence-corrected chi connectivity index (χ4v) is 2.61. The molecule has 0 radical (unpaired) electrons. The van der Waals surface area contributed by atoms with Gasteiger partial charge in [0.1, 0.15) is 11.6 Å². The molecule has 2 heterocycles. The molecule has 6 nitrogen and oxygen atoms in total. The smallest absolute Gasteiger partial charge is 0.410 e. The van der Waals surface area contributed by atoms with Gasteiger partial charge >= 0.3 is 6.09 Å². The molecule has 0 aliphatic rings. The summed E-state index contributed by atoms with van der Waals surface area (Å²) in [6, 6.07) is 6.97. The quantitative estimate of drug-likeness (QED) is 0.686. The Balaban J connectivity index is 2.12. The van der Waals surface area contributed by atoms with E-state index >= 15 is 0 Å². The van der Waals surface area contributed by atoms with Gasteiger partial charge in [-0.15, -0.1) is 0 Å². The zero-order valence-corrected chi connectivity index (χ0v) is 12.7. The summed E-state index contributed by atoms with van der Waals surface area (Å²) in [5.41, 5.74) is 2.06. The number of aliphatic hydroxyl groups excluding tert-OH is 1. The molecule has 0 atom stereocenters. The second-order valence-corrected chi connectivity index (χ2v) is 5.27. The van der Waals surface area contributed by atoms with Crippen LogP contribution in [0, 0.1) is 12.7 Å². The Morgan fingerprint density at radius 1 is 1.21 bits per heavy atom. The first-order valence-corrected chi connectivity index (χ1v) is 7.14. The summed E-state index contributed by atoms with van der Waals surface area (Å²) in [6.45, 7) is 1.34. The van der Waals surface area contributed by atoms with Crippen molar-refractivity contribution >= 4 is 22.7 Å². The molecule has 7 heteroatoms. The molecule has 0 saturated heterocycles. The summed E-state index contributed by atoms with van der Waals surface area (Å²) in [5.74, 6) is -0.219. The van der Waals surface area contributed by atoms with Crippen molar-refractivity contribution in [2.75, 3.05) is 5.32 Å². The zero-order chi connectivity index (χ0) is 17.3. The van der Waals surface area contributed by atoms with Gasteiger partial charge in [-0.2, -0.15) is 0 Å². The Bertz CT molecular complexity index is 944. The number of aliphatic hydroxyl groups is 1. The number of nitrogens with zero attached hydrogens (tertiary/aromatic N) is 2. The van der Waals surface area contributed by atoms with E-state index in [1.807, 2.05) is 0 Å². The van der Waals surface area contributed by atoms with Crippen molar-refractivity contribution in [1.82, 2.24) is 9.97 Å². The van der Waals surface area contributed by atoms with Gasteiger partial charge in [0.2, 0.25) is 0 Å². The molecule has 1 amide bonds. The molecular formula is C17H14FN3O3. The largest absolute Gasteiger partial charge is 0.465 e. The normalized spacial score (nSPS) is 10.8. The molecule has 2 aromatic heterocycles. The van der Waals surface area contributed by atoms with Gasteiger partial charge in [-0.3, -0.25) is 10.3 Å². The van der Waals surface area contributed by atoms with Crippen molar-refractivity contribution in [3.05, 3.63) is 53.7 Å². The topological polar surface area (TPSA) is 95.3 Å². The van der Waals surface area contributed by atoms with Crippen LogP contribution in [-0.2, 0) is 6.61 Å². The highest BCUT2D eigenvalue weighted by molar-refractivity contribution is 5.91. The molecule has 1 aromatic carbocycles. The molecule has 0 saturated carbocycles. The zero-order valence-electron chi connectivity index (χ0n) is 12.7. The molecular weight excluding hydrogens is 313 g/mol. The van der Waals surface area contributed by atoms with Crippen molar-refractivity contribution in [1.29, 1.82) is 0 Å². The number of carboxylic acid groups (broad SMARTS) is 1. The van der Waals surface area contributed by atoms with Crippen LogP contribution in [0.2, 0.25) is 0 Å². The third-order valence-corrected chi connectivity index (χ3v) is 3.75. The van der Waals surface area contributed by atoms with Crippen molar-refractivity contribution in [3.63, 3.8) is 0 Å². The maximum absolute atomic E-state index is 13.8. The van der Waals surface area contributed by atoms with E-state index in [9.17, 15) is 14.3 Å². The number of hydrogen-bond acceptors (Lipinski definition) is 4. The van der Waals surface area contributed by atoms with Crippen LogP contribution in [0.15, 0.2) is 36.7 Å². The van der Waals surface area contributed by atoms with Crippen molar-refractivity contribution < 1.29 is 19.4 Å². The minimum atomic E-state index is -1.19. The number of anilines is 1. The van der Waals surface area contributed by atoms with Gasteiger partial charge in [0.25, 0.3) is 0 Å². The van der Waals surface area contributed by atoms with Crippen LogP contribution in [-0.4, -0.2) is 26.3 Å². The van der Waals surface area contributed by atoms with Gasteiger partial charge in [0.15, 0.2) is 0 Å². The molecule has 0 aliphatic carbocycles. The van der Waals surface area contributed by atoms with Crippen molar-refractivity contribution in [3.8, 4) is 11.1 Å². The van der Waals surface area contributed by atoms with Crippen molar-refractivity contribution in [2.45, 2.75) is 13.5 Å². The molecule has 3 N–H and O–H groups in total. The van der Waals surface area contributed by atoms with E-state index in [1.165, 1.54) is 6.20 Å². The number of aromatic nitrogens is 2. The number of pyridine rings is 2. The highest BCUT2D eigenvalue weighted by Crippen LogP contribution is 2.30. The highest BCUT2D eigenvalue weighted by Gasteiger charge is 2.14. The SMILES string of the molecule is Cc1c(F)cnc(CO)c1-c1ccc2cc(NC(=O)O)ncc2c1. The van der Waals surface area contributed by atoms with E-state index in [4.69, 9.17) is 5.11 Å². The number of fused-ring (bicyclic) bond motifs is 1. The molecule has 0 unspecified atom stereocenters. The molecule has 0 aliphatic heterocycles. The van der Waals surface area contributed by atoms with Crippen LogP contribution in [0.1, 0.15) is 11.3 Å². The summed E-state index contributed by atoms with van der Waals surface area (Å²) < 4.78 is 13.8. The lowest BCUT2D eigenvalue weighted by molar-refractivity contribution is 0.209. The van der Waals surface area contributed by atoms with E-state index in [0.717, 1.165) is 17.0 Å². The number of nitrogens with one attached hydrogen (secondary N) is 1. The fourth-order valence-electron chi connectivity index (χ4n) is 2.61. The van der Waals surface area contributed by atoms with Crippen LogP contribution < -0.4 is 5.32 Å². The number of benzene rings is 1. The first-order chi connectivity index (χ1) is 11.5. The summed E-state index contributed by atoms with van der Waals surface area (Å²) >= 11 is 0. The second-order valence-electron chi connectivity index (χ2n) is 5.27. The number of rotatable bonds is 3. The summed E-state index contributed by atoms with van der Waals surface area (Å²) in [6.07, 6.45) is 1.44. The van der Waals surface area contributed by atoms with E-state index in [1.54, 1.807) is 31.2 Å². The lowest BCUT2D eigenvalue weighted by Gasteiger charge is -2.12. The summed E-state index contributed by atoms with van der Waals surface area (Å²) in [4.78, 5) is 18.6. The van der Waals surface area contributed by atoms with Gasteiger partial charge in [-0.25, -0.2) is 14.2 Å². The molecule has 3 aromatic rings. The Morgan fingerprint density at radius 2 is 2.00 bits per heavy atom. The van der Waals surface area contributed by atoms with E-state index in [-0.39, 0.29) is 12.4 Å². The van der Waals surface area contributed by atoms with Gasteiger partial charge < -0.3 is 10.2 Å². The Kier molecular flexibility index (Phi) is 4.09. The third kappa shape index (κ3) is 2.89. The average Bonchev–Trinajstić information content (AvgIpc) is 2.56. The first kappa shape index (κ1) is 15.8. The van der Waals surface area contributed by atoms with Gasteiger partial charge in [-0.05, 0) is 35.6 Å². The van der Waals surface area contributed by atoms with Gasteiger partial charge in [0.05, 0.1) is 18.5 Å². The van der Waals surface area contributed by atoms with E-state index < -0.39 is 11.9 Å². The van der Waals surface area contributed by atoms with Crippen LogP contribution in [0.5, 0.6) is 0 Å². The number of hydrogen-bond donors (Lipinski definition) is 3. The summed E-state index contributed by atoms with van der Waals surface area (Å²) in [5, 5.41) is 21.9. The minimum Gasteiger partial charge on any atom is -0.465 e. The van der Waals surface area contributed by atoms with Crippen LogP contribution in [0.4, 0.5) is 15.0 Å². The van der Waals surface area contributed by atoms with Gasteiger partial charge in [-0.1, -0.05) is 12.1 Å². The third-order valence-electron chi connectivity index (χ3n) is 3.75. The molecule has 3 rings (SSSR count). The number of halogens is 1. The van der Waals surface area contributed by atoms with Crippen LogP contribution in [0.3, 0.4) is 0 Å². The lowest BCUT2D eigenvalue weighted by Crippen LogP contribution is -2.08. The predicted octanol–water partition coefficient (Wildman–Crippen LogP) is 3.33.